The Balaban J connectivity index is 1.86. The lowest BCUT2D eigenvalue weighted by Crippen LogP contribution is -2.40. The summed E-state index contributed by atoms with van der Waals surface area (Å²) in [5.41, 5.74) is 7.41. The van der Waals surface area contributed by atoms with Crippen LogP contribution in [0.1, 0.15) is 36.1 Å². The van der Waals surface area contributed by atoms with Crippen molar-refractivity contribution < 1.29 is 18.0 Å². The zero-order chi connectivity index (χ0) is 26.5. The van der Waals surface area contributed by atoms with Gasteiger partial charge in [0.25, 0.3) is 15.9 Å². The predicted molar refractivity (Wildman–Crippen MR) is 143 cm³/mol. The first-order chi connectivity index (χ1) is 17.0. The number of aryl methyl sites for hydroxylation is 2. The average Bonchev–Trinajstić information content (AvgIpc) is 2.83. The topological polar surface area (TPSA) is 108 Å². The van der Waals surface area contributed by atoms with Crippen LogP contribution in [0.3, 0.4) is 0 Å². The molecule has 2 N–H and O–H groups in total. The molecule has 0 bridgehead atoms. The van der Waals surface area contributed by atoms with E-state index in [9.17, 15) is 18.0 Å². The number of amides is 2. The number of carbonyl (C=O) groups is 2. The number of hydrazone groups is 1. The zero-order valence-electron chi connectivity index (χ0n) is 21.0. The third-order valence-corrected chi connectivity index (χ3v) is 7.49. The molecular formula is C27H30N4O4S. The van der Waals surface area contributed by atoms with E-state index in [1.54, 1.807) is 55.5 Å². The molecule has 0 aliphatic heterocycles. The highest BCUT2D eigenvalue weighted by Gasteiger charge is 2.28. The zero-order valence-corrected chi connectivity index (χ0v) is 21.8. The fourth-order valence-electron chi connectivity index (χ4n) is 3.52. The molecule has 0 aliphatic rings. The minimum atomic E-state index is -4.02. The van der Waals surface area contributed by atoms with Gasteiger partial charge in [0, 0.05) is 12.6 Å². The van der Waals surface area contributed by atoms with E-state index in [1.807, 2.05) is 26.8 Å². The summed E-state index contributed by atoms with van der Waals surface area (Å²) < 4.78 is 28.3. The Hall–Kier alpha value is -3.98. The van der Waals surface area contributed by atoms with E-state index in [1.165, 1.54) is 19.1 Å². The van der Waals surface area contributed by atoms with Crippen LogP contribution in [0.25, 0.3) is 0 Å². The number of anilines is 2. The summed E-state index contributed by atoms with van der Waals surface area (Å²) in [5.74, 6) is -0.754. The van der Waals surface area contributed by atoms with Crippen molar-refractivity contribution >= 4 is 38.9 Å². The van der Waals surface area contributed by atoms with E-state index in [0.29, 0.717) is 17.1 Å². The minimum Gasteiger partial charge on any atom is -0.326 e. The van der Waals surface area contributed by atoms with Gasteiger partial charge in [-0.1, -0.05) is 42.0 Å². The number of hydrogen-bond donors (Lipinski definition) is 2. The summed E-state index contributed by atoms with van der Waals surface area (Å²) in [6.07, 6.45) is 0. The Morgan fingerprint density at radius 1 is 0.889 bits per heavy atom. The Kier molecular flexibility index (Phi) is 8.26. The highest BCUT2D eigenvalue weighted by Crippen LogP contribution is 2.28. The van der Waals surface area contributed by atoms with Crippen molar-refractivity contribution in [3.05, 3.63) is 89.0 Å². The Morgan fingerprint density at radius 2 is 1.53 bits per heavy atom. The highest BCUT2D eigenvalue weighted by molar-refractivity contribution is 7.92. The summed E-state index contributed by atoms with van der Waals surface area (Å²) in [5, 5.41) is 6.83. The first-order valence-corrected chi connectivity index (χ1v) is 12.8. The largest absolute Gasteiger partial charge is 0.326 e. The van der Waals surface area contributed by atoms with Gasteiger partial charge in [0.05, 0.1) is 16.3 Å². The molecule has 8 nitrogen and oxygen atoms in total. The first-order valence-electron chi connectivity index (χ1n) is 11.4. The molecule has 188 valence electrons. The molecule has 0 aliphatic carbocycles. The van der Waals surface area contributed by atoms with Crippen LogP contribution < -0.4 is 15.0 Å². The molecule has 3 rings (SSSR count). The number of nitrogens with one attached hydrogen (secondary N) is 2. The van der Waals surface area contributed by atoms with Gasteiger partial charge < -0.3 is 5.32 Å². The Labute approximate surface area is 212 Å². The second-order valence-electron chi connectivity index (χ2n) is 8.53. The van der Waals surface area contributed by atoms with Gasteiger partial charge in [-0.2, -0.15) is 5.10 Å². The van der Waals surface area contributed by atoms with Crippen LogP contribution in [0.2, 0.25) is 0 Å². The van der Waals surface area contributed by atoms with Crippen LogP contribution in [0, 0.1) is 20.8 Å². The van der Waals surface area contributed by atoms with Crippen LogP contribution in [0.15, 0.2) is 76.7 Å². The predicted octanol–water partition coefficient (Wildman–Crippen LogP) is 4.31. The maximum Gasteiger partial charge on any atom is 0.264 e. The van der Waals surface area contributed by atoms with Crippen molar-refractivity contribution in [2.75, 3.05) is 16.2 Å². The van der Waals surface area contributed by atoms with E-state index >= 15 is 0 Å². The minimum absolute atomic E-state index is 0.0979. The second-order valence-corrected chi connectivity index (χ2v) is 10.4. The van der Waals surface area contributed by atoms with Gasteiger partial charge in [0.15, 0.2) is 0 Å². The summed E-state index contributed by atoms with van der Waals surface area (Å²) in [6, 6.07) is 18.8. The smallest absolute Gasteiger partial charge is 0.264 e. The summed E-state index contributed by atoms with van der Waals surface area (Å²) in [6.45, 7) is 8.29. The van der Waals surface area contributed by atoms with Crippen molar-refractivity contribution in [3.63, 3.8) is 0 Å². The van der Waals surface area contributed by atoms with Crippen LogP contribution >= 0.6 is 0 Å². The van der Waals surface area contributed by atoms with E-state index in [2.05, 4.69) is 15.8 Å². The van der Waals surface area contributed by atoms with Gasteiger partial charge in [0.2, 0.25) is 5.91 Å². The number of nitrogens with zero attached hydrogens (tertiary/aromatic N) is 2. The van der Waals surface area contributed by atoms with Gasteiger partial charge in [-0.05, 0) is 74.7 Å². The highest BCUT2D eigenvalue weighted by atomic mass is 32.2. The molecule has 0 unspecified atom stereocenters. The summed E-state index contributed by atoms with van der Waals surface area (Å²) in [4.78, 5) is 24.2. The average molecular weight is 507 g/mol. The van der Waals surface area contributed by atoms with Crippen molar-refractivity contribution in [3.8, 4) is 0 Å². The first kappa shape index (κ1) is 26.6. The Bertz CT molecular complexity index is 1400. The molecular weight excluding hydrogens is 476 g/mol. The molecule has 0 aromatic heterocycles. The lowest BCUT2D eigenvalue weighted by Gasteiger charge is -2.26. The second kappa shape index (κ2) is 11.2. The van der Waals surface area contributed by atoms with Crippen LogP contribution in [-0.4, -0.2) is 32.5 Å². The monoisotopic (exact) mass is 506 g/mol. The standard InChI is InChI=1S/C27H30N4O4S/c1-18-9-15-25(16-10-18)36(34,35)31(26-8-6-7-19(2)20(26)3)17-27(33)30-29-21(4)23-11-13-24(14-12-23)28-22(5)32/h6-16H,17H2,1-5H3,(H,28,32)(H,30,33)/b29-21-. The van der Waals surface area contributed by atoms with E-state index in [0.717, 1.165) is 26.6 Å². The summed E-state index contributed by atoms with van der Waals surface area (Å²) in [7, 11) is -4.02. The number of benzene rings is 3. The van der Waals surface area contributed by atoms with Crippen molar-refractivity contribution in [2.24, 2.45) is 5.10 Å². The quantitative estimate of drug-likeness (QED) is 0.351. The molecule has 2 amide bonds. The Morgan fingerprint density at radius 3 is 2.14 bits per heavy atom. The SMILES string of the molecule is CC(=O)Nc1ccc(/C(C)=N\NC(=O)CN(c2cccc(C)c2C)S(=O)(=O)c2ccc(C)cc2)cc1. The van der Waals surface area contributed by atoms with Gasteiger partial charge in [-0.25, -0.2) is 13.8 Å². The van der Waals surface area contributed by atoms with Crippen LogP contribution in [0.4, 0.5) is 11.4 Å². The van der Waals surface area contributed by atoms with Gasteiger partial charge in [0.1, 0.15) is 6.54 Å². The van der Waals surface area contributed by atoms with Crippen LogP contribution in [-0.2, 0) is 19.6 Å². The summed E-state index contributed by atoms with van der Waals surface area (Å²) >= 11 is 0. The van der Waals surface area contributed by atoms with Crippen molar-refractivity contribution in [2.45, 2.75) is 39.5 Å². The third-order valence-electron chi connectivity index (χ3n) is 5.71. The molecule has 0 fully saturated rings. The molecule has 0 heterocycles. The van der Waals surface area contributed by atoms with Crippen LogP contribution in [0.5, 0.6) is 0 Å². The van der Waals surface area contributed by atoms with E-state index in [4.69, 9.17) is 0 Å². The van der Waals surface area contributed by atoms with Gasteiger partial charge in [-0.3, -0.25) is 13.9 Å². The van der Waals surface area contributed by atoms with Gasteiger partial charge in [-0.15, -0.1) is 0 Å². The van der Waals surface area contributed by atoms with E-state index < -0.39 is 22.5 Å². The normalized spacial score (nSPS) is 11.6. The number of carbonyl (C=O) groups excluding carboxylic acids is 2. The van der Waals surface area contributed by atoms with Crippen molar-refractivity contribution in [1.29, 1.82) is 0 Å². The number of rotatable bonds is 8. The lowest BCUT2D eigenvalue weighted by molar-refractivity contribution is -0.119. The molecule has 36 heavy (non-hydrogen) atoms. The van der Waals surface area contributed by atoms with E-state index in [-0.39, 0.29) is 10.8 Å². The maximum absolute atomic E-state index is 13.6. The molecule has 3 aromatic carbocycles. The number of hydrogen-bond acceptors (Lipinski definition) is 5. The molecule has 0 atom stereocenters. The fraction of sp³-hybridized carbons (Fsp3) is 0.222. The fourth-order valence-corrected chi connectivity index (χ4v) is 5.00. The molecule has 0 radical (unpaired) electrons. The third kappa shape index (κ3) is 6.37. The molecule has 9 heteroatoms. The molecule has 0 saturated carbocycles. The van der Waals surface area contributed by atoms with Crippen molar-refractivity contribution in [1.82, 2.24) is 5.43 Å². The number of sulfonamides is 1. The maximum atomic E-state index is 13.6. The van der Waals surface area contributed by atoms with Gasteiger partial charge >= 0.3 is 0 Å². The molecule has 0 saturated heterocycles. The molecule has 0 spiro atoms. The lowest BCUT2D eigenvalue weighted by atomic mass is 10.1. The molecule has 3 aromatic rings.